The van der Waals surface area contributed by atoms with Gasteiger partial charge in [-0.2, -0.15) is 0 Å². The van der Waals surface area contributed by atoms with Gasteiger partial charge in [-0.05, 0) is 0 Å². The first-order valence-corrected chi connectivity index (χ1v) is 5.23. The lowest BCUT2D eigenvalue weighted by molar-refractivity contribution is -0.137. The summed E-state index contributed by atoms with van der Waals surface area (Å²) in [4.78, 5) is 18.9. The van der Waals surface area contributed by atoms with Crippen molar-refractivity contribution in [2.24, 2.45) is 7.05 Å². The molecule has 0 aliphatic carbocycles. The van der Waals surface area contributed by atoms with Crippen LogP contribution in [0.3, 0.4) is 0 Å². The lowest BCUT2D eigenvalue weighted by Gasteiger charge is -2.12. The lowest BCUT2D eigenvalue weighted by Crippen LogP contribution is -2.13. The summed E-state index contributed by atoms with van der Waals surface area (Å²) in [5.74, 6) is 0.348. The Morgan fingerprint density at radius 1 is 1.65 bits per heavy atom. The first-order chi connectivity index (χ1) is 8.16. The number of aromatic nitrogens is 3. The lowest BCUT2D eigenvalue weighted by atomic mass is 9.99. The van der Waals surface area contributed by atoms with E-state index in [1.165, 1.54) is 6.39 Å². The van der Waals surface area contributed by atoms with E-state index in [1.807, 2.05) is 11.6 Å². The third kappa shape index (κ3) is 2.72. The first kappa shape index (κ1) is 11.4. The molecule has 6 heteroatoms. The quantitative estimate of drug-likeness (QED) is 0.842. The second-order valence-electron chi connectivity index (χ2n) is 3.86. The fraction of sp³-hybridized carbons (Fsp3) is 0.364. The second-order valence-corrected chi connectivity index (χ2v) is 3.86. The molecule has 17 heavy (non-hydrogen) atoms. The van der Waals surface area contributed by atoms with Crippen LogP contribution in [-0.4, -0.2) is 25.6 Å². The van der Waals surface area contributed by atoms with Gasteiger partial charge in [0.2, 0.25) is 0 Å². The number of nitrogens with zero attached hydrogens (tertiary/aromatic N) is 3. The SMILES string of the molecule is Cn1ccnc1C(CC(=O)O)Cc1cnco1. The second kappa shape index (κ2) is 4.82. The van der Waals surface area contributed by atoms with Gasteiger partial charge < -0.3 is 14.1 Å². The Kier molecular flexibility index (Phi) is 3.22. The van der Waals surface area contributed by atoms with Crippen molar-refractivity contribution >= 4 is 5.97 Å². The maximum absolute atomic E-state index is 10.9. The van der Waals surface area contributed by atoms with Crippen LogP contribution in [0.4, 0.5) is 0 Å². The molecule has 0 aliphatic heterocycles. The number of imidazole rings is 1. The van der Waals surface area contributed by atoms with Gasteiger partial charge in [-0.25, -0.2) is 9.97 Å². The molecule has 1 unspecified atom stereocenters. The summed E-state index contributed by atoms with van der Waals surface area (Å²) >= 11 is 0. The van der Waals surface area contributed by atoms with Crippen LogP contribution in [0.5, 0.6) is 0 Å². The molecule has 0 saturated heterocycles. The highest BCUT2D eigenvalue weighted by molar-refractivity contribution is 5.67. The highest BCUT2D eigenvalue weighted by atomic mass is 16.4. The third-order valence-electron chi connectivity index (χ3n) is 2.58. The van der Waals surface area contributed by atoms with E-state index in [9.17, 15) is 4.79 Å². The summed E-state index contributed by atoms with van der Waals surface area (Å²) in [5, 5.41) is 8.92. The van der Waals surface area contributed by atoms with E-state index in [0.29, 0.717) is 12.2 Å². The summed E-state index contributed by atoms with van der Waals surface area (Å²) in [6, 6.07) is 0. The van der Waals surface area contributed by atoms with Crippen molar-refractivity contribution in [2.45, 2.75) is 18.8 Å². The van der Waals surface area contributed by atoms with E-state index in [4.69, 9.17) is 9.52 Å². The van der Waals surface area contributed by atoms with Gasteiger partial charge in [-0.3, -0.25) is 4.79 Å². The van der Waals surface area contributed by atoms with Gasteiger partial charge in [0.05, 0.1) is 12.6 Å². The molecule has 1 atom stereocenters. The van der Waals surface area contributed by atoms with Crippen LogP contribution in [-0.2, 0) is 18.3 Å². The Balaban J connectivity index is 2.19. The predicted octanol–water partition coefficient (Wildman–Crippen LogP) is 1.21. The van der Waals surface area contributed by atoms with E-state index in [0.717, 1.165) is 5.82 Å². The van der Waals surface area contributed by atoms with Gasteiger partial charge in [0, 0.05) is 31.8 Å². The van der Waals surface area contributed by atoms with Gasteiger partial charge in [0.25, 0.3) is 0 Å². The van der Waals surface area contributed by atoms with Gasteiger partial charge in [0.15, 0.2) is 6.39 Å². The molecule has 0 amide bonds. The van der Waals surface area contributed by atoms with Crippen LogP contribution in [0, 0.1) is 0 Å². The van der Waals surface area contributed by atoms with E-state index < -0.39 is 5.97 Å². The monoisotopic (exact) mass is 235 g/mol. The van der Waals surface area contributed by atoms with Crippen molar-refractivity contribution in [3.05, 3.63) is 36.6 Å². The number of aliphatic carboxylic acids is 1. The number of carbonyl (C=O) groups is 1. The van der Waals surface area contributed by atoms with Crippen LogP contribution in [0.1, 0.15) is 23.9 Å². The largest absolute Gasteiger partial charge is 0.481 e. The Bertz CT molecular complexity index is 490. The molecular weight excluding hydrogens is 222 g/mol. The minimum Gasteiger partial charge on any atom is -0.481 e. The zero-order valence-corrected chi connectivity index (χ0v) is 9.41. The van der Waals surface area contributed by atoms with Gasteiger partial charge >= 0.3 is 5.97 Å². The summed E-state index contributed by atoms with van der Waals surface area (Å²) in [6.07, 6.45) is 6.89. The highest BCUT2D eigenvalue weighted by Gasteiger charge is 2.21. The minimum atomic E-state index is -0.850. The Morgan fingerprint density at radius 3 is 3.00 bits per heavy atom. The van der Waals surface area contributed by atoms with Crippen LogP contribution < -0.4 is 0 Å². The number of oxazole rings is 1. The minimum absolute atomic E-state index is 0.0194. The molecule has 2 rings (SSSR count). The molecule has 90 valence electrons. The summed E-state index contributed by atoms with van der Waals surface area (Å²) in [5.41, 5.74) is 0. The van der Waals surface area contributed by atoms with Crippen molar-refractivity contribution in [2.75, 3.05) is 0 Å². The van der Waals surface area contributed by atoms with Crippen LogP contribution in [0.15, 0.2) is 29.4 Å². The molecule has 1 N–H and O–H groups in total. The van der Waals surface area contributed by atoms with Crippen molar-refractivity contribution < 1.29 is 14.3 Å². The molecule has 0 fully saturated rings. The zero-order valence-electron chi connectivity index (χ0n) is 9.41. The number of carboxylic acid groups (broad SMARTS) is 1. The van der Waals surface area contributed by atoms with Crippen LogP contribution in [0.2, 0.25) is 0 Å². The number of hydrogen-bond acceptors (Lipinski definition) is 4. The predicted molar refractivity (Wildman–Crippen MR) is 58.4 cm³/mol. The van der Waals surface area contributed by atoms with E-state index in [1.54, 1.807) is 18.6 Å². The first-order valence-electron chi connectivity index (χ1n) is 5.23. The fourth-order valence-corrected chi connectivity index (χ4v) is 1.82. The molecule has 2 heterocycles. The molecule has 6 nitrogen and oxygen atoms in total. The maximum Gasteiger partial charge on any atom is 0.304 e. The highest BCUT2D eigenvalue weighted by Crippen LogP contribution is 2.22. The molecule has 0 saturated carbocycles. The molecule has 2 aromatic rings. The van der Waals surface area contributed by atoms with Crippen molar-refractivity contribution in [1.82, 2.24) is 14.5 Å². The van der Waals surface area contributed by atoms with E-state index in [-0.39, 0.29) is 12.3 Å². The third-order valence-corrected chi connectivity index (χ3v) is 2.58. The van der Waals surface area contributed by atoms with E-state index >= 15 is 0 Å². The van der Waals surface area contributed by atoms with E-state index in [2.05, 4.69) is 9.97 Å². The molecule has 2 aromatic heterocycles. The molecule has 0 spiro atoms. The molecule has 0 radical (unpaired) electrons. The molecule has 0 bridgehead atoms. The van der Waals surface area contributed by atoms with Crippen molar-refractivity contribution in [3.8, 4) is 0 Å². The van der Waals surface area contributed by atoms with Gasteiger partial charge in [-0.1, -0.05) is 0 Å². The maximum atomic E-state index is 10.9. The average molecular weight is 235 g/mol. The standard InChI is InChI=1S/C11H13N3O3/c1-14-3-2-13-11(14)8(5-10(15)16)4-9-6-12-7-17-9/h2-3,6-8H,4-5H2,1H3,(H,15,16). The zero-order chi connectivity index (χ0) is 12.3. The number of hydrogen-bond donors (Lipinski definition) is 1. The Labute approximate surface area is 97.9 Å². The molecule has 0 aliphatic rings. The smallest absolute Gasteiger partial charge is 0.304 e. The molecular formula is C11H13N3O3. The number of carboxylic acids is 1. The average Bonchev–Trinajstić information content (AvgIpc) is 2.87. The van der Waals surface area contributed by atoms with Crippen LogP contribution >= 0.6 is 0 Å². The van der Waals surface area contributed by atoms with Gasteiger partial charge in [0.1, 0.15) is 11.6 Å². The number of aryl methyl sites for hydroxylation is 1. The molecule has 0 aromatic carbocycles. The Morgan fingerprint density at radius 2 is 2.47 bits per heavy atom. The summed E-state index contributed by atoms with van der Waals surface area (Å²) in [7, 11) is 1.84. The summed E-state index contributed by atoms with van der Waals surface area (Å²) < 4.78 is 6.97. The fourth-order valence-electron chi connectivity index (χ4n) is 1.82. The normalized spacial score (nSPS) is 12.5. The number of rotatable bonds is 5. The summed E-state index contributed by atoms with van der Waals surface area (Å²) in [6.45, 7) is 0. The van der Waals surface area contributed by atoms with Crippen molar-refractivity contribution in [1.29, 1.82) is 0 Å². The van der Waals surface area contributed by atoms with Gasteiger partial charge in [-0.15, -0.1) is 0 Å². The van der Waals surface area contributed by atoms with Crippen LogP contribution in [0.25, 0.3) is 0 Å². The van der Waals surface area contributed by atoms with Crippen molar-refractivity contribution in [3.63, 3.8) is 0 Å². The topological polar surface area (TPSA) is 81.2 Å². The Hall–Kier alpha value is -2.11.